The van der Waals surface area contributed by atoms with Gasteiger partial charge in [0.05, 0.1) is 11.8 Å². The predicted molar refractivity (Wildman–Crippen MR) is 76.8 cm³/mol. The van der Waals surface area contributed by atoms with Gasteiger partial charge in [0.15, 0.2) is 5.69 Å². The summed E-state index contributed by atoms with van der Waals surface area (Å²) in [6.45, 7) is 2.28. The number of para-hydroxylation sites is 1. The van der Waals surface area contributed by atoms with Gasteiger partial charge in [0.25, 0.3) is 5.91 Å². The molecule has 0 aliphatic carbocycles. The Kier molecular flexibility index (Phi) is 4.90. The Balaban J connectivity index is 1.90. The Morgan fingerprint density at radius 3 is 2.80 bits per heavy atom. The van der Waals surface area contributed by atoms with Gasteiger partial charge in [-0.3, -0.25) is 4.79 Å². The highest BCUT2D eigenvalue weighted by atomic mass is 16.3. The highest BCUT2D eigenvalue weighted by Gasteiger charge is 2.09. The minimum absolute atomic E-state index is 0.190. The summed E-state index contributed by atoms with van der Waals surface area (Å²) in [5.74, 6) is -0.190. The van der Waals surface area contributed by atoms with Crippen molar-refractivity contribution in [3.05, 3.63) is 48.3 Å². The van der Waals surface area contributed by atoms with Crippen molar-refractivity contribution in [2.75, 3.05) is 6.54 Å². The molecule has 0 spiro atoms. The average molecular weight is 273 g/mol. The van der Waals surface area contributed by atoms with E-state index in [9.17, 15) is 4.79 Å². The molecule has 0 fully saturated rings. The van der Waals surface area contributed by atoms with Gasteiger partial charge >= 0.3 is 0 Å². The number of hydrogen-bond acceptors (Lipinski definition) is 3. The van der Waals surface area contributed by atoms with E-state index in [0.717, 1.165) is 12.1 Å². The van der Waals surface area contributed by atoms with Gasteiger partial charge in [-0.15, -0.1) is 0 Å². The van der Waals surface area contributed by atoms with E-state index in [-0.39, 0.29) is 12.0 Å². The first-order valence-corrected chi connectivity index (χ1v) is 6.74. The van der Waals surface area contributed by atoms with E-state index in [1.54, 1.807) is 23.9 Å². The molecule has 1 aromatic heterocycles. The fourth-order valence-corrected chi connectivity index (χ4v) is 1.86. The van der Waals surface area contributed by atoms with E-state index >= 15 is 0 Å². The van der Waals surface area contributed by atoms with Gasteiger partial charge in [0.2, 0.25) is 0 Å². The lowest BCUT2D eigenvalue weighted by atomic mass is 10.2. The second kappa shape index (κ2) is 6.86. The number of nitrogens with one attached hydrogen (secondary N) is 1. The summed E-state index contributed by atoms with van der Waals surface area (Å²) in [4.78, 5) is 11.9. The molecule has 2 N–H and O–H groups in total. The smallest absolute Gasteiger partial charge is 0.271 e. The van der Waals surface area contributed by atoms with Gasteiger partial charge < -0.3 is 10.4 Å². The average Bonchev–Trinajstić information content (AvgIpc) is 2.94. The van der Waals surface area contributed by atoms with Crippen LogP contribution in [0, 0.1) is 0 Å². The Morgan fingerprint density at radius 1 is 1.35 bits per heavy atom. The van der Waals surface area contributed by atoms with Crippen LogP contribution in [0.1, 0.15) is 30.3 Å². The van der Waals surface area contributed by atoms with Crippen LogP contribution in [0.5, 0.6) is 0 Å². The van der Waals surface area contributed by atoms with Crippen LogP contribution in [0.2, 0.25) is 0 Å². The molecule has 0 bridgehead atoms. The normalized spacial score (nSPS) is 12.1. The zero-order valence-electron chi connectivity index (χ0n) is 11.5. The molecule has 0 saturated heterocycles. The molecule has 5 nitrogen and oxygen atoms in total. The van der Waals surface area contributed by atoms with Crippen LogP contribution in [-0.4, -0.2) is 33.4 Å². The number of aliphatic hydroxyl groups excluding tert-OH is 1. The number of rotatable bonds is 6. The number of hydrogen-bond donors (Lipinski definition) is 2. The molecular formula is C15H19N3O2. The van der Waals surface area contributed by atoms with Crippen LogP contribution in [0.25, 0.3) is 5.69 Å². The Hall–Kier alpha value is -2.14. The lowest BCUT2D eigenvalue weighted by molar-refractivity contribution is 0.0944. The number of benzene rings is 1. The zero-order valence-corrected chi connectivity index (χ0v) is 11.5. The fraction of sp³-hybridized carbons (Fsp3) is 0.333. The lowest BCUT2D eigenvalue weighted by Gasteiger charge is -2.05. The Labute approximate surface area is 118 Å². The van der Waals surface area contributed by atoms with Crippen molar-refractivity contribution in [2.45, 2.75) is 25.9 Å². The summed E-state index contributed by atoms with van der Waals surface area (Å²) in [5.41, 5.74) is 1.31. The molecule has 1 aromatic carbocycles. The summed E-state index contributed by atoms with van der Waals surface area (Å²) < 4.78 is 1.67. The summed E-state index contributed by atoms with van der Waals surface area (Å²) in [6, 6.07) is 11.3. The fourth-order valence-electron chi connectivity index (χ4n) is 1.86. The summed E-state index contributed by atoms with van der Waals surface area (Å²) >= 11 is 0. The van der Waals surface area contributed by atoms with E-state index in [1.165, 1.54) is 0 Å². The molecule has 2 aromatic rings. The van der Waals surface area contributed by atoms with Crippen molar-refractivity contribution >= 4 is 5.91 Å². The Bertz CT molecular complexity index is 549. The number of aromatic nitrogens is 2. The zero-order chi connectivity index (χ0) is 14.4. The van der Waals surface area contributed by atoms with Crippen molar-refractivity contribution in [1.29, 1.82) is 0 Å². The van der Waals surface area contributed by atoms with E-state index in [1.807, 2.05) is 30.3 Å². The molecule has 0 aliphatic rings. The number of aliphatic hydroxyl groups is 1. The maximum Gasteiger partial charge on any atom is 0.271 e. The minimum Gasteiger partial charge on any atom is -0.393 e. The highest BCUT2D eigenvalue weighted by Crippen LogP contribution is 2.06. The molecule has 1 heterocycles. The summed E-state index contributed by atoms with van der Waals surface area (Å²) in [5, 5.41) is 16.2. The van der Waals surface area contributed by atoms with Crippen molar-refractivity contribution < 1.29 is 9.90 Å². The maximum atomic E-state index is 11.9. The summed E-state index contributed by atoms with van der Waals surface area (Å²) in [6.07, 6.45) is 2.87. The van der Waals surface area contributed by atoms with Crippen molar-refractivity contribution in [3.8, 4) is 5.69 Å². The molecule has 20 heavy (non-hydrogen) atoms. The van der Waals surface area contributed by atoms with E-state index in [4.69, 9.17) is 5.11 Å². The van der Waals surface area contributed by atoms with Crippen LogP contribution in [-0.2, 0) is 0 Å². The van der Waals surface area contributed by atoms with Gasteiger partial charge in [-0.2, -0.15) is 5.10 Å². The van der Waals surface area contributed by atoms with Crippen molar-refractivity contribution in [2.24, 2.45) is 0 Å². The molecule has 0 aliphatic heterocycles. The van der Waals surface area contributed by atoms with Crippen LogP contribution < -0.4 is 5.32 Å². The largest absolute Gasteiger partial charge is 0.393 e. The number of carbonyl (C=O) groups is 1. The Morgan fingerprint density at radius 2 is 2.10 bits per heavy atom. The van der Waals surface area contributed by atoms with Gasteiger partial charge in [-0.1, -0.05) is 18.2 Å². The molecule has 1 amide bonds. The minimum atomic E-state index is -0.329. The number of carbonyl (C=O) groups excluding carboxylic acids is 1. The van der Waals surface area contributed by atoms with Gasteiger partial charge in [-0.25, -0.2) is 4.68 Å². The lowest BCUT2D eigenvalue weighted by Crippen LogP contribution is -2.25. The quantitative estimate of drug-likeness (QED) is 0.788. The van der Waals surface area contributed by atoms with Crippen molar-refractivity contribution in [3.63, 3.8) is 0 Å². The molecule has 1 unspecified atom stereocenters. The first kappa shape index (κ1) is 14.3. The molecule has 106 valence electrons. The van der Waals surface area contributed by atoms with E-state index in [0.29, 0.717) is 18.7 Å². The third kappa shape index (κ3) is 3.93. The first-order valence-electron chi connectivity index (χ1n) is 6.74. The molecule has 0 radical (unpaired) electrons. The number of amides is 1. The van der Waals surface area contributed by atoms with Crippen LogP contribution in [0.15, 0.2) is 42.6 Å². The van der Waals surface area contributed by atoms with E-state index < -0.39 is 0 Å². The van der Waals surface area contributed by atoms with Crippen LogP contribution >= 0.6 is 0 Å². The topological polar surface area (TPSA) is 67.2 Å². The van der Waals surface area contributed by atoms with Crippen LogP contribution in [0.4, 0.5) is 0 Å². The van der Waals surface area contributed by atoms with Gasteiger partial charge in [-0.05, 0) is 38.0 Å². The standard InChI is InChI=1S/C15H19N3O2/c1-12(19)6-5-10-16-15(20)14-9-11-18(17-14)13-7-3-2-4-8-13/h2-4,7-9,11-12,19H,5-6,10H2,1H3,(H,16,20). The first-order chi connectivity index (χ1) is 9.66. The second-order valence-corrected chi connectivity index (χ2v) is 4.73. The maximum absolute atomic E-state index is 11.9. The monoisotopic (exact) mass is 273 g/mol. The van der Waals surface area contributed by atoms with Crippen LogP contribution in [0.3, 0.4) is 0 Å². The van der Waals surface area contributed by atoms with E-state index in [2.05, 4.69) is 10.4 Å². The summed E-state index contributed by atoms with van der Waals surface area (Å²) in [7, 11) is 0. The second-order valence-electron chi connectivity index (χ2n) is 4.73. The molecule has 1 atom stereocenters. The van der Waals surface area contributed by atoms with Crippen molar-refractivity contribution in [1.82, 2.24) is 15.1 Å². The molecule has 5 heteroatoms. The molecule has 0 saturated carbocycles. The SMILES string of the molecule is CC(O)CCCNC(=O)c1ccn(-c2ccccc2)n1. The number of nitrogens with zero attached hydrogens (tertiary/aromatic N) is 2. The predicted octanol–water partition coefficient (Wildman–Crippen LogP) is 1.76. The molecule has 2 rings (SSSR count). The highest BCUT2D eigenvalue weighted by molar-refractivity contribution is 5.92. The van der Waals surface area contributed by atoms with Gasteiger partial charge in [0, 0.05) is 12.7 Å². The third-order valence-electron chi connectivity index (χ3n) is 2.93. The molecular weight excluding hydrogens is 254 g/mol. The third-order valence-corrected chi connectivity index (χ3v) is 2.93. The van der Waals surface area contributed by atoms with Gasteiger partial charge in [0.1, 0.15) is 0 Å².